The molecule has 3 nitrogen and oxygen atoms in total. The molecule has 4 heteroatoms. The fourth-order valence-corrected chi connectivity index (χ4v) is 3.15. The second kappa shape index (κ2) is 8.08. The van der Waals surface area contributed by atoms with Gasteiger partial charge in [0.1, 0.15) is 0 Å². The molecular weight excluding hydrogens is 270 g/mol. The highest BCUT2D eigenvalue weighted by Crippen LogP contribution is 2.19. The van der Waals surface area contributed by atoms with Gasteiger partial charge in [-0.05, 0) is 18.9 Å². The number of carbonyl (C=O) groups is 1. The number of hydrogen-bond acceptors (Lipinski definition) is 3. The Balaban J connectivity index is 1.94. The van der Waals surface area contributed by atoms with Gasteiger partial charge in [-0.25, -0.2) is 0 Å². The zero-order valence-corrected chi connectivity index (χ0v) is 12.5. The average Bonchev–Trinajstić information content (AvgIpc) is 2.87. The first kappa shape index (κ1) is 15.1. The Labute approximate surface area is 124 Å². The van der Waals surface area contributed by atoms with Gasteiger partial charge in [0.05, 0.1) is 13.2 Å². The molecule has 0 aliphatic carbocycles. The summed E-state index contributed by atoms with van der Waals surface area (Å²) in [7, 11) is 0. The van der Waals surface area contributed by atoms with Gasteiger partial charge in [0.15, 0.2) is 0 Å². The van der Waals surface area contributed by atoms with Gasteiger partial charge in [-0.2, -0.15) is 0 Å². The molecule has 1 fully saturated rings. The number of thiophene rings is 1. The van der Waals surface area contributed by atoms with E-state index in [1.807, 2.05) is 10.3 Å². The van der Waals surface area contributed by atoms with Gasteiger partial charge in [0.25, 0.3) is 0 Å². The average molecular weight is 291 g/mol. The molecule has 1 N–H and O–H groups in total. The standard InChI is InChI=1S/C16H21NO2S/c18-10-6-4-7-14-11-15(20-13-14)12-17-9-5-2-1-3-8-16(17)19/h11,13,18H,1-3,5-6,8-10,12H2. The van der Waals surface area contributed by atoms with Crippen molar-refractivity contribution in [1.82, 2.24) is 4.90 Å². The molecule has 1 aliphatic heterocycles. The molecule has 0 spiro atoms. The van der Waals surface area contributed by atoms with Crippen LogP contribution in [0.4, 0.5) is 0 Å². The van der Waals surface area contributed by atoms with Gasteiger partial charge in [0, 0.05) is 35.2 Å². The molecule has 108 valence electrons. The van der Waals surface area contributed by atoms with E-state index in [0.717, 1.165) is 24.9 Å². The molecule has 2 rings (SSSR count). The zero-order valence-electron chi connectivity index (χ0n) is 11.7. The zero-order chi connectivity index (χ0) is 14.2. The maximum absolute atomic E-state index is 12.1. The van der Waals surface area contributed by atoms with Crippen LogP contribution in [-0.4, -0.2) is 29.1 Å². The minimum absolute atomic E-state index is 0.103. The predicted molar refractivity (Wildman–Crippen MR) is 81.4 cm³/mol. The summed E-state index contributed by atoms with van der Waals surface area (Å²) >= 11 is 1.66. The van der Waals surface area contributed by atoms with E-state index < -0.39 is 0 Å². The topological polar surface area (TPSA) is 40.5 Å². The number of likely N-dealkylation sites (tertiary alicyclic amines) is 1. The molecule has 1 aromatic rings. The van der Waals surface area contributed by atoms with Gasteiger partial charge in [-0.1, -0.05) is 24.7 Å². The van der Waals surface area contributed by atoms with Crippen LogP contribution < -0.4 is 0 Å². The number of rotatable bonds is 3. The lowest BCUT2D eigenvalue weighted by molar-refractivity contribution is -0.132. The van der Waals surface area contributed by atoms with E-state index in [2.05, 4.69) is 17.9 Å². The Hall–Kier alpha value is -1.31. The summed E-state index contributed by atoms with van der Waals surface area (Å²) in [5.41, 5.74) is 0.984. The highest BCUT2D eigenvalue weighted by Gasteiger charge is 2.16. The first-order chi connectivity index (χ1) is 9.79. The summed E-state index contributed by atoms with van der Waals surface area (Å²) in [5, 5.41) is 10.7. The molecule has 20 heavy (non-hydrogen) atoms. The Morgan fingerprint density at radius 3 is 3.00 bits per heavy atom. The number of amides is 1. The second-order valence-electron chi connectivity index (χ2n) is 5.06. The third-order valence-electron chi connectivity index (χ3n) is 3.39. The van der Waals surface area contributed by atoms with E-state index >= 15 is 0 Å². The second-order valence-corrected chi connectivity index (χ2v) is 6.05. The van der Waals surface area contributed by atoms with Crippen LogP contribution in [0.3, 0.4) is 0 Å². The highest BCUT2D eigenvalue weighted by atomic mass is 32.1. The molecule has 0 bridgehead atoms. The largest absolute Gasteiger partial charge is 0.395 e. The number of nitrogens with zero attached hydrogens (tertiary/aromatic N) is 1. The molecule has 0 unspecified atom stereocenters. The molecule has 1 aliphatic rings. The van der Waals surface area contributed by atoms with E-state index in [4.69, 9.17) is 5.11 Å². The van der Waals surface area contributed by atoms with Crippen molar-refractivity contribution in [2.75, 3.05) is 13.2 Å². The summed E-state index contributed by atoms with van der Waals surface area (Å²) in [6.45, 7) is 1.69. The van der Waals surface area contributed by atoms with Gasteiger partial charge in [-0.3, -0.25) is 4.79 Å². The fourth-order valence-electron chi connectivity index (χ4n) is 2.32. The fraction of sp³-hybridized carbons (Fsp3) is 0.562. The number of hydrogen-bond donors (Lipinski definition) is 1. The predicted octanol–water partition coefficient (Wildman–Crippen LogP) is 2.77. The molecule has 1 aromatic heterocycles. The first-order valence-corrected chi connectivity index (χ1v) is 8.12. The maximum atomic E-state index is 12.1. The highest BCUT2D eigenvalue weighted by molar-refractivity contribution is 7.10. The van der Waals surface area contributed by atoms with Crippen LogP contribution in [0.15, 0.2) is 11.4 Å². The lowest BCUT2D eigenvalue weighted by atomic mass is 10.1. The minimum Gasteiger partial charge on any atom is -0.395 e. The first-order valence-electron chi connectivity index (χ1n) is 7.24. The molecule has 0 radical (unpaired) electrons. The van der Waals surface area contributed by atoms with Gasteiger partial charge in [-0.15, -0.1) is 11.3 Å². The third-order valence-corrected chi connectivity index (χ3v) is 4.31. The Morgan fingerprint density at radius 1 is 1.30 bits per heavy atom. The number of aliphatic hydroxyl groups excluding tert-OH is 1. The molecule has 1 saturated heterocycles. The number of aliphatic hydroxyl groups is 1. The van der Waals surface area contributed by atoms with Crippen molar-refractivity contribution in [2.24, 2.45) is 0 Å². The van der Waals surface area contributed by atoms with Crippen LogP contribution in [-0.2, 0) is 11.3 Å². The molecule has 0 saturated carbocycles. The van der Waals surface area contributed by atoms with Crippen molar-refractivity contribution in [2.45, 2.75) is 45.1 Å². The van der Waals surface area contributed by atoms with Crippen LogP contribution in [0.25, 0.3) is 0 Å². The van der Waals surface area contributed by atoms with E-state index in [9.17, 15) is 4.79 Å². The monoisotopic (exact) mass is 291 g/mol. The quantitative estimate of drug-likeness (QED) is 0.870. The van der Waals surface area contributed by atoms with E-state index in [0.29, 0.717) is 19.4 Å². The minimum atomic E-state index is 0.103. The van der Waals surface area contributed by atoms with Crippen molar-refractivity contribution in [3.05, 3.63) is 21.9 Å². The van der Waals surface area contributed by atoms with Gasteiger partial charge in [0.2, 0.25) is 5.91 Å². The summed E-state index contributed by atoms with van der Waals surface area (Å²) < 4.78 is 0. The molecule has 0 atom stereocenters. The van der Waals surface area contributed by atoms with Crippen molar-refractivity contribution in [1.29, 1.82) is 0 Å². The molecule has 0 aromatic carbocycles. The summed E-state index contributed by atoms with van der Waals surface area (Å²) in [4.78, 5) is 15.2. The van der Waals surface area contributed by atoms with Gasteiger partial charge < -0.3 is 10.0 Å². The molecular formula is C16H21NO2S. The Bertz CT molecular complexity index is 498. The van der Waals surface area contributed by atoms with Crippen molar-refractivity contribution in [3.63, 3.8) is 0 Å². The van der Waals surface area contributed by atoms with Crippen LogP contribution in [0.5, 0.6) is 0 Å². The Kier molecular flexibility index (Phi) is 6.10. The van der Waals surface area contributed by atoms with Crippen LogP contribution in [0.1, 0.15) is 49.0 Å². The van der Waals surface area contributed by atoms with Crippen LogP contribution in [0, 0.1) is 11.8 Å². The summed E-state index contributed by atoms with van der Waals surface area (Å²) in [6, 6.07) is 2.06. The van der Waals surface area contributed by atoms with E-state index in [1.165, 1.54) is 17.7 Å². The summed E-state index contributed by atoms with van der Waals surface area (Å²) in [5.74, 6) is 6.24. The summed E-state index contributed by atoms with van der Waals surface area (Å²) in [6.07, 6.45) is 5.75. The maximum Gasteiger partial charge on any atom is 0.222 e. The van der Waals surface area contributed by atoms with Crippen molar-refractivity contribution < 1.29 is 9.90 Å². The smallest absolute Gasteiger partial charge is 0.222 e. The third kappa shape index (κ3) is 4.66. The molecule has 1 amide bonds. The Morgan fingerprint density at radius 2 is 2.15 bits per heavy atom. The SMILES string of the molecule is O=C1CCCCCCN1Cc1cc(C#CCCO)cs1. The van der Waals surface area contributed by atoms with Crippen LogP contribution >= 0.6 is 11.3 Å². The van der Waals surface area contributed by atoms with Gasteiger partial charge >= 0.3 is 0 Å². The van der Waals surface area contributed by atoms with Crippen molar-refractivity contribution in [3.8, 4) is 11.8 Å². The van der Waals surface area contributed by atoms with Crippen LogP contribution in [0.2, 0.25) is 0 Å². The van der Waals surface area contributed by atoms with Crippen molar-refractivity contribution >= 4 is 17.2 Å². The van der Waals surface area contributed by atoms with E-state index in [1.54, 1.807) is 11.3 Å². The lowest BCUT2D eigenvalue weighted by Crippen LogP contribution is -2.32. The molecule has 2 heterocycles. The number of carbonyl (C=O) groups excluding carboxylic acids is 1. The van der Waals surface area contributed by atoms with E-state index in [-0.39, 0.29) is 12.5 Å². The normalized spacial score (nSPS) is 16.2. The lowest BCUT2D eigenvalue weighted by Gasteiger charge is -2.24.